The van der Waals surface area contributed by atoms with Crippen LogP contribution in [0.3, 0.4) is 0 Å². The number of sulfonamides is 1. The Hall–Kier alpha value is -1.96. The fourth-order valence-electron chi connectivity index (χ4n) is 2.52. The van der Waals surface area contributed by atoms with Crippen LogP contribution in [0, 0.1) is 0 Å². The molecule has 0 saturated heterocycles. The Morgan fingerprint density at radius 2 is 1.65 bits per heavy atom. The van der Waals surface area contributed by atoms with Gasteiger partial charge in [-0.3, -0.25) is 4.79 Å². The minimum atomic E-state index is -4.37. The summed E-state index contributed by atoms with van der Waals surface area (Å²) in [5, 5.41) is 5.05. The third-order valence-corrected chi connectivity index (χ3v) is 7.35. The van der Waals surface area contributed by atoms with Crippen LogP contribution in [-0.2, 0) is 19.9 Å². The van der Waals surface area contributed by atoms with E-state index in [4.69, 9.17) is 9.88 Å². The van der Waals surface area contributed by atoms with Crippen molar-refractivity contribution in [1.29, 1.82) is 0 Å². The van der Waals surface area contributed by atoms with Gasteiger partial charge in [0.15, 0.2) is 15.6 Å². The van der Waals surface area contributed by atoms with Gasteiger partial charge in [0.25, 0.3) is 0 Å². The molecule has 13 heteroatoms. The molecule has 0 saturated carbocycles. The van der Waals surface area contributed by atoms with E-state index in [2.05, 4.69) is 15.9 Å². The molecule has 0 aliphatic rings. The van der Waals surface area contributed by atoms with Crippen molar-refractivity contribution in [3.63, 3.8) is 0 Å². The van der Waals surface area contributed by atoms with Crippen molar-refractivity contribution in [3.8, 4) is 5.75 Å². The predicted octanol–water partition coefficient (Wildman–Crippen LogP) is 3.47. The zero-order chi connectivity index (χ0) is 23.4. The zero-order valence-corrected chi connectivity index (χ0v) is 18.9. The Labute approximate surface area is 185 Å². The first kappa shape index (κ1) is 25.3. The van der Waals surface area contributed by atoms with Crippen molar-refractivity contribution < 1.29 is 39.5 Å². The van der Waals surface area contributed by atoms with E-state index in [1.54, 1.807) is 0 Å². The highest BCUT2D eigenvalue weighted by atomic mass is 79.9. The molecule has 170 valence electrons. The maximum Gasteiger partial charge on any atom is 0.389 e. The summed E-state index contributed by atoms with van der Waals surface area (Å²) in [6, 6.07) is 8.50. The highest BCUT2D eigenvalue weighted by Crippen LogP contribution is 2.28. The van der Waals surface area contributed by atoms with E-state index in [0.29, 0.717) is 4.47 Å². The maximum absolute atomic E-state index is 12.7. The Kier molecular flexibility index (Phi) is 7.89. The van der Waals surface area contributed by atoms with Crippen LogP contribution in [0.2, 0.25) is 0 Å². The maximum atomic E-state index is 12.7. The minimum Gasteiger partial charge on any atom is -0.492 e. The highest BCUT2D eigenvalue weighted by molar-refractivity contribution is 9.10. The average Bonchev–Trinajstić information content (AvgIpc) is 2.64. The first-order chi connectivity index (χ1) is 14.2. The van der Waals surface area contributed by atoms with Crippen LogP contribution in [0.25, 0.3) is 0 Å². The van der Waals surface area contributed by atoms with E-state index in [-0.39, 0.29) is 24.3 Å². The number of benzene rings is 2. The fraction of sp³-hybridized carbons (Fsp3) is 0.278. The van der Waals surface area contributed by atoms with Crippen molar-refractivity contribution >= 4 is 41.6 Å². The second-order valence-electron chi connectivity index (χ2n) is 6.39. The van der Waals surface area contributed by atoms with Crippen LogP contribution < -0.4 is 9.88 Å². The number of ether oxygens (including phenoxy) is 1. The van der Waals surface area contributed by atoms with Gasteiger partial charge in [-0.25, -0.2) is 22.0 Å². The predicted molar refractivity (Wildman–Crippen MR) is 109 cm³/mol. The Bertz CT molecular complexity index is 1180. The van der Waals surface area contributed by atoms with Crippen LogP contribution in [0.5, 0.6) is 5.75 Å². The molecule has 2 N–H and O–H groups in total. The molecule has 0 heterocycles. The molecule has 0 bridgehead atoms. The van der Waals surface area contributed by atoms with Gasteiger partial charge >= 0.3 is 6.18 Å². The van der Waals surface area contributed by atoms with Gasteiger partial charge in [-0.1, -0.05) is 12.1 Å². The van der Waals surface area contributed by atoms with Crippen molar-refractivity contribution in [2.75, 3.05) is 12.4 Å². The fourth-order valence-corrected chi connectivity index (χ4v) is 5.55. The molecule has 2 aromatic carbocycles. The number of ketones is 1. The number of carbonyl (C=O) groups is 1. The third kappa shape index (κ3) is 7.30. The van der Waals surface area contributed by atoms with Crippen molar-refractivity contribution in [1.82, 2.24) is 0 Å². The minimum absolute atomic E-state index is 0.0651. The van der Waals surface area contributed by atoms with Crippen molar-refractivity contribution in [2.24, 2.45) is 5.14 Å². The molecule has 0 atom stereocenters. The van der Waals surface area contributed by atoms with Crippen LogP contribution in [0.15, 0.2) is 56.7 Å². The lowest BCUT2D eigenvalue weighted by Crippen LogP contribution is -2.21. The van der Waals surface area contributed by atoms with Gasteiger partial charge in [-0.15, -0.1) is 0 Å². The topological polar surface area (TPSA) is 121 Å². The van der Waals surface area contributed by atoms with Gasteiger partial charge in [-0.2, -0.15) is 13.2 Å². The molecule has 31 heavy (non-hydrogen) atoms. The number of halogens is 4. The second-order valence-corrected chi connectivity index (χ2v) is 10.7. The number of hydrogen-bond acceptors (Lipinski definition) is 6. The average molecular weight is 544 g/mol. The molecule has 0 radical (unpaired) electrons. The number of carbonyl (C=O) groups excluding carboxylic acids is 1. The summed E-state index contributed by atoms with van der Waals surface area (Å²) in [6.07, 6.45) is -5.65. The summed E-state index contributed by atoms with van der Waals surface area (Å²) < 4.78 is 90.9. The first-order valence-electron chi connectivity index (χ1n) is 8.57. The van der Waals surface area contributed by atoms with Crippen molar-refractivity contribution in [2.45, 2.75) is 28.8 Å². The summed E-state index contributed by atoms with van der Waals surface area (Å²) in [7, 11) is -8.72. The molecule has 2 aromatic rings. The summed E-state index contributed by atoms with van der Waals surface area (Å²) in [6.45, 7) is -0.268. The lowest BCUT2D eigenvalue weighted by Gasteiger charge is -2.12. The Morgan fingerprint density at radius 3 is 2.23 bits per heavy atom. The van der Waals surface area contributed by atoms with Crippen LogP contribution >= 0.6 is 15.9 Å². The zero-order valence-electron chi connectivity index (χ0n) is 15.7. The monoisotopic (exact) mass is 543 g/mol. The first-order valence-corrected chi connectivity index (χ1v) is 12.6. The number of nitrogens with two attached hydrogens (primary N) is 1. The summed E-state index contributed by atoms with van der Waals surface area (Å²) in [4.78, 5) is 11.3. The molecule has 0 aliphatic carbocycles. The number of sulfone groups is 1. The van der Waals surface area contributed by atoms with Gasteiger partial charge in [-0.05, 0) is 52.7 Å². The van der Waals surface area contributed by atoms with E-state index in [0.717, 1.165) is 12.1 Å². The second kappa shape index (κ2) is 9.67. The summed E-state index contributed by atoms with van der Waals surface area (Å²) in [5.74, 6) is -1.85. The van der Waals surface area contributed by atoms with Crippen LogP contribution in [-0.4, -0.2) is 41.2 Å². The van der Waals surface area contributed by atoms with E-state index < -0.39 is 53.8 Å². The molecule has 0 spiro atoms. The number of primary sulfonamides is 1. The molecule has 0 unspecified atom stereocenters. The molecule has 0 aliphatic heterocycles. The highest BCUT2D eigenvalue weighted by Gasteiger charge is 2.28. The van der Waals surface area contributed by atoms with Crippen LogP contribution in [0.1, 0.15) is 23.2 Å². The third-order valence-electron chi connectivity index (χ3n) is 3.93. The Balaban J connectivity index is 2.21. The van der Waals surface area contributed by atoms with Gasteiger partial charge in [0, 0.05) is 12.0 Å². The molecule has 0 amide bonds. The van der Waals surface area contributed by atoms with E-state index >= 15 is 0 Å². The molecule has 0 aromatic heterocycles. The summed E-state index contributed by atoms with van der Waals surface area (Å²) >= 11 is 3.14. The standard InChI is InChI=1S/C18H17BrF3NO6S2/c19-13-7-6-12(10-15(13)29-9-3-8-18(20,21)22)14(24)11-30(25,26)16-4-1-2-5-17(16)31(23,27)28/h1-2,4-7,10H,3,8-9,11H2,(H2,23,27,28). The van der Waals surface area contributed by atoms with Crippen molar-refractivity contribution in [3.05, 3.63) is 52.5 Å². The Morgan fingerprint density at radius 1 is 1.03 bits per heavy atom. The van der Waals surface area contributed by atoms with Gasteiger partial charge < -0.3 is 4.74 Å². The van der Waals surface area contributed by atoms with Gasteiger partial charge in [0.1, 0.15) is 16.4 Å². The largest absolute Gasteiger partial charge is 0.492 e. The summed E-state index contributed by atoms with van der Waals surface area (Å²) in [5.41, 5.74) is -0.0781. The normalized spacial score (nSPS) is 12.5. The van der Waals surface area contributed by atoms with Crippen LogP contribution in [0.4, 0.5) is 13.2 Å². The number of hydrogen-bond donors (Lipinski definition) is 1. The SMILES string of the molecule is NS(=O)(=O)c1ccccc1S(=O)(=O)CC(=O)c1ccc(Br)c(OCCCC(F)(F)F)c1. The lowest BCUT2D eigenvalue weighted by molar-refractivity contribution is -0.136. The number of Topliss-reactive ketones (excluding diaryl/α,β-unsaturated/α-hetero) is 1. The molecule has 0 fully saturated rings. The number of rotatable bonds is 9. The number of alkyl halides is 3. The molecule has 2 rings (SSSR count). The van der Waals surface area contributed by atoms with E-state index in [1.165, 1.54) is 30.3 Å². The quantitative estimate of drug-likeness (QED) is 0.381. The van der Waals surface area contributed by atoms with E-state index in [9.17, 15) is 34.8 Å². The molecule has 7 nitrogen and oxygen atoms in total. The van der Waals surface area contributed by atoms with E-state index in [1.807, 2.05) is 0 Å². The van der Waals surface area contributed by atoms with Gasteiger partial charge in [0.2, 0.25) is 10.0 Å². The smallest absolute Gasteiger partial charge is 0.389 e. The molecular formula is C18H17BrF3NO6S2. The molecular weight excluding hydrogens is 527 g/mol. The van der Waals surface area contributed by atoms with Gasteiger partial charge in [0.05, 0.1) is 16.0 Å². The lowest BCUT2D eigenvalue weighted by atomic mass is 10.1.